The van der Waals surface area contributed by atoms with Gasteiger partial charge >= 0.3 is 5.97 Å². The lowest BCUT2D eigenvalue weighted by atomic mass is 9.89. The number of esters is 1. The first-order valence-corrected chi connectivity index (χ1v) is 11.9. The van der Waals surface area contributed by atoms with E-state index in [9.17, 15) is 9.90 Å². The van der Waals surface area contributed by atoms with Gasteiger partial charge in [0.1, 0.15) is 21.3 Å². The van der Waals surface area contributed by atoms with Crippen molar-refractivity contribution >= 4 is 33.3 Å². The number of aromatic nitrogens is 2. The van der Waals surface area contributed by atoms with Gasteiger partial charge in [0.2, 0.25) is 0 Å². The fourth-order valence-corrected chi connectivity index (χ4v) is 5.95. The largest absolute Gasteiger partial charge is 0.462 e. The van der Waals surface area contributed by atoms with Crippen molar-refractivity contribution in [2.24, 2.45) is 0 Å². The van der Waals surface area contributed by atoms with E-state index in [1.54, 1.807) is 0 Å². The summed E-state index contributed by atoms with van der Waals surface area (Å²) in [6.07, 6.45) is 6.26. The van der Waals surface area contributed by atoms with E-state index < -0.39 is 0 Å². The van der Waals surface area contributed by atoms with Crippen LogP contribution >= 0.6 is 11.3 Å². The Balaban J connectivity index is 1.49. The van der Waals surface area contributed by atoms with Crippen LogP contribution in [-0.2, 0) is 4.74 Å². The number of nitrogens with one attached hydrogen (secondary N) is 1. The standard InChI is InChI=1S/C22H32N4O3S/c1-4-29-22(28)19-13(2)18-20(23-14(3)24-21(18)30-19)25-15-9-11-26(12-10-15)16-7-5-6-8-17(16)27/h15-17,27H,4-12H2,1-3H3,(H,23,24,25). The summed E-state index contributed by atoms with van der Waals surface area (Å²) in [6.45, 7) is 7.98. The zero-order valence-corrected chi connectivity index (χ0v) is 18.9. The summed E-state index contributed by atoms with van der Waals surface area (Å²) in [4.78, 5) is 25.5. The first kappa shape index (κ1) is 21.5. The van der Waals surface area contributed by atoms with Crippen LogP contribution in [0.4, 0.5) is 5.82 Å². The number of rotatable bonds is 5. The number of nitrogens with zero attached hydrogens (tertiary/aromatic N) is 3. The number of carbonyl (C=O) groups excluding carboxylic acids is 1. The number of piperidine rings is 1. The number of fused-ring (bicyclic) bond motifs is 1. The van der Waals surface area contributed by atoms with Crippen molar-refractivity contribution in [2.75, 3.05) is 25.0 Å². The number of aliphatic hydroxyl groups is 1. The van der Waals surface area contributed by atoms with Crippen molar-refractivity contribution in [3.05, 3.63) is 16.3 Å². The predicted molar refractivity (Wildman–Crippen MR) is 119 cm³/mol. The Labute approximate surface area is 181 Å². The first-order valence-electron chi connectivity index (χ1n) is 11.1. The number of aliphatic hydroxyl groups excluding tert-OH is 1. The molecule has 2 atom stereocenters. The monoisotopic (exact) mass is 432 g/mol. The van der Waals surface area contributed by atoms with Gasteiger partial charge in [0, 0.05) is 25.2 Å². The van der Waals surface area contributed by atoms with Crippen LogP contribution in [0.25, 0.3) is 10.2 Å². The van der Waals surface area contributed by atoms with E-state index in [4.69, 9.17) is 4.74 Å². The van der Waals surface area contributed by atoms with Gasteiger partial charge in [-0.2, -0.15) is 0 Å². The predicted octanol–water partition coefficient (Wildman–Crippen LogP) is 3.66. The van der Waals surface area contributed by atoms with Crippen LogP contribution in [0, 0.1) is 13.8 Å². The molecular formula is C22H32N4O3S. The van der Waals surface area contributed by atoms with E-state index in [0.717, 1.165) is 66.8 Å². The molecule has 30 heavy (non-hydrogen) atoms. The molecular weight excluding hydrogens is 400 g/mol. The summed E-state index contributed by atoms with van der Waals surface area (Å²) < 4.78 is 5.21. The third kappa shape index (κ3) is 4.31. The Bertz CT molecular complexity index is 907. The Hall–Kier alpha value is -1.77. The molecule has 1 saturated heterocycles. The van der Waals surface area contributed by atoms with Crippen molar-refractivity contribution < 1.29 is 14.6 Å². The smallest absolute Gasteiger partial charge is 0.348 e. The van der Waals surface area contributed by atoms with E-state index >= 15 is 0 Å². The first-order chi connectivity index (χ1) is 14.5. The minimum Gasteiger partial charge on any atom is -0.462 e. The molecule has 8 heteroatoms. The van der Waals surface area contributed by atoms with E-state index in [2.05, 4.69) is 20.2 Å². The molecule has 4 rings (SSSR count). The van der Waals surface area contributed by atoms with Crippen LogP contribution in [0.5, 0.6) is 0 Å². The quantitative estimate of drug-likeness (QED) is 0.697. The molecule has 0 bridgehead atoms. The number of likely N-dealkylation sites (tertiary alicyclic amines) is 1. The van der Waals surface area contributed by atoms with Crippen molar-refractivity contribution in [1.29, 1.82) is 0 Å². The number of hydrogen-bond acceptors (Lipinski definition) is 8. The van der Waals surface area contributed by atoms with E-state index in [1.807, 2.05) is 20.8 Å². The van der Waals surface area contributed by atoms with Gasteiger partial charge in [-0.05, 0) is 52.0 Å². The normalized spacial score (nSPS) is 23.6. The molecule has 2 aromatic heterocycles. The molecule has 3 heterocycles. The van der Waals surface area contributed by atoms with Gasteiger partial charge in [-0.15, -0.1) is 11.3 Å². The molecule has 2 aliphatic rings. The Morgan fingerprint density at radius 3 is 2.63 bits per heavy atom. The fourth-order valence-electron chi connectivity index (χ4n) is 4.83. The van der Waals surface area contributed by atoms with Crippen LogP contribution in [0.15, 0.2) is 0 Å². The summed E-state index contributed by atoms with van der Waals surface area (Å²) in [5.41, 5.74) is 0.888. The average molecular weight is 433 g/mol. The van der Waals surface area contributed by atoms with Crippen molar-refractivity contribution in [2.45, 2.75) is 77.5 Å². The summed E-state index contributed by atoms with van der Waals surface area (Å²) in [6, 6.07) is 0.642. The third-order valence-electron chi connectivity index (χ3n) is 6.40. The maximum Gasteiger partial charge on any atom is 0.348 e. The Morgan fingerprint density at radius 1 is 1.20 bits per heavy atom. The van der Waals surface area contributed by atoms with Crippen molar-refractivity contribution in [1.82, 2.24) is 14.9 Å². The molecule has 2 aromatic rings. The van der Waals surface area contributed by atoms with E-state index in [0.29, 0.717) is 29.4 Å². The van der Waals surface area contributed by atoms with E-state index in [-0.39, 0.29) is 12.1 Å². The number of hydrogen-bond donors (Lipinski definition) is 2. The van der Waals surface area contributed by atoms with Gasteiger partial charge in [0.05, 0.1) is 18.1 Å². The molecule has 0 radical (unpaired) electrons. The van der Waals surface area contributed by atoms with Gasteiger partial charge in [0.25, 0.3) is 0 Å². The minimum atomic E-state index is -0.291. The fraction of sp³-hybridized carbons (Fsp3) is 0.682. The number of anilines is 1. The molecule has 0 aromatic carbocycles. The lowest BCUT2D eigenvalue weighted by Crippen LogP contribution is -2.50. The molecule has 2 N–H and O–H groups in total. The maximum atomic E-state index is 12.3. The second-order valence-corrected chi connectivity index (χ2v) is 9.45. The van der Waals surface area contributed by atoms with Crippen LogP contribution < -0.4 is 5.32 Å². The number of carbonyl (C=O) groups is 1. The molecule has 7 nitrogen and oxygen atoms in total. The van der Waals surface area contributed by atoms with Crippen molar-refractivity contribution in [3.63, 3.8) is 0 Å². The molecule has 1 aliphatic carbocycles. The molecule has 2 fully saturated rings. The van der Waals surface area contributed by atoms with Gasteiger partial charge < -0.3 is 15.2 Å². The van der Waals surface area contributed by atoms with Crippen LogP contribution in [0.1, 0.15) is 66.5 Å². The topological polar surface area (TPSA) is 87.6 Å². The summed E-state index contributed by atoms with van der Waals surface area (Å²) in [5, 5.41) is 14.9. The molecule has 0 spiro atoms. The van der Waals surface area contributed by atoms with Crippen LogP contribution in [0.2, 0.25) is 0 Å². The SMILES string of the molecule is CCOC(=O)c1sc2nc(C)nc(NC3CCN(C4CCCCC4O)CC3)c2c1C. The van der Waals surface area contributed by atoms with E-state index in [1.165, 1.54) is 17.8 Å². The molecule has 0 amide bonds. The minimum absolute atomic E-state index is 0.179. The zero-order valence-electron chi connectivity index (χ0n) is 18.1. The molecule has 1 saturated carbocycles. The molecule has 1 aliphatic heterocycles. The Morgan fingerprint density at radius 2 is 1.93 bits per heavy atom. The zero-order chi connectivity index (χ0) is 21.3. The second-order valence-electron chi connectivity index (χ2n) is 8.45. The molecule has 164 valence electrons. The number of ether oxygens (including phenoxy) is 1. The Kier molecular flexibility index (Phi) is 6.55. The third-order valence-corrected chi connectivity index (χ3v) is 7.56. The number of aryl methyl sites for hydroxylation is 2. The maximum absolute atomic E-state index is 12.3. The summed E-state index contributed by atoms with van der Waals surface area (Å²) in [5.74, 6) is 1.23. The lowest BCUT2D eigenvalue weighted by molar-refractivity contribution is 0.00992. The average Bonchev–Trinajstić information content (AvgIpc) is 3.06. The summed E-state index contributed by atoms with van der Waals surface area (Å²) in [7, 11) is 0. The van der Waals surface area contributed by atoms with Crippen LogP contribution in [-0.4, -0.2) is 63.8 Å². The van der Waals surface area contributed by atoms with Crippen molar-refractivity contribution in [3.8, 4) is 0 Å². The highest BCUT2D eigenvalue weighted by atomic mass is 32.1. The van der Waals surface area contributed by atoms with Gasteiger partial charge in [-0.1, -0.05) is 12.8 Å². The van der Waals surface area contributed by atoms with Gasteiger partial charge in [-0.3, -0.25) is 4.90 Å². The summed E-state index contributed by atoms with van der Waals surface area (Å²) >= 11 is 1.38. The van der Waals surface area contributed by atoms with Gasteiger partial charge in [0.15, 0.2) is 0 Å². The number of thiophene rings is 1. The highest BCUT2D eigenvalue weighted by Crippen LogP contribution is 2.35. The van der Waals surface area contributed by atoms with Crippen LogP contribution in [0.3, 0.4) is 0 Å². The highest BCUT2D eigenvalue weighted by Gasteiger charge is 2.32. The molecule has 2 unspecified atom stereocenters. The highest BCUT2D eigenvalue weighted by molar-refractivity contribution is 7.20. The lowest BCUT2D eigenvalue weighted by Gasteiger charge is -2.41. The van der Waals surface area contributed by atoms with Gasteiger partial charge in [-0.25, -0.2) is 14.8 Å². The second kappa shape index (κ2) is 9.16.